The fourth-order valence-corrected chi connectivity index (χ4v) is 4.15. The predicted molar refractivity (Wildman–Crippen MR) is 86.5 cm³/mol. The van der Waals surface area contributed by atoms with E-state index in [1.165, 1.54) is 28.5 Å². The Bertz CT molecular complexity index is 821. The van der Waals surface area contributed by atoms with Crippen LogP contribution in [0.3, 0.4) is 0 Å². The quantitative estimate of drug-likeness (QED) is 0.890. The Morgan fingerprint density at radius 1 is 1.43 bits per heavy atom. The topological polar surface area (TPSA) is 90.5 Å². The van der Waals surface area contributed by atoms with Gasteiger partial charge < -0.3 is 10.5 Å². The first-order valence-electron chi connectivity index (χ1n) is 7.06. The molecule has 2 aromatic rings. The molecule has 1 aromatic heterocycles. The van der Waals surface area contributed by atoms with Crippen molar-refractivity contribution in [3.8, 4) is 11.4 Å². The average Bonchev–Trinajstić information content (AvgIpc) is 3.16. The molecule has 1 fully saturated rings. The van der Waals surface area contributed by atoms with Gasteiger partial charge in [-0.15, -0.1) is 0 Å². The SMILES string of the molecule is COc1ccc(Cl)cc1-n1cc(S(=O)(=O)N2CC[C@@H](N)C2)cn1. The lowest BCUT2D eigenvalue weighted by molar-refractivity contribution is 0.411. The lowest BCUT2D eigenvalue weighted by atomic mass is 10.3. The molecule has 0 unspecified atom stereocenters. The van der Waals surface area contributed by atoms with Gasteiger partial charge in [-0.1, -0.05) is 11.6 Å². The third-order valence-electron chi connectivity index (χ3n) is 3.77. The molecule has 0 aliphatic carbocycles. The van der Waals surface area contributed by atoms with Crippen molar-refractivity contribution in [3.63, 3.8) is 0 Å². The molecule has 23 heavy (non-hydrogen) atoms. The van der Waals surface area contributed by atoms with E-state index < -0.39 is 10.0 Å². The van der Waals surface area contributed by atoms with Crippen molar-refractivity contribution < 1.29 is 13.2 Å². The Morgan fingerprint density at radius 3 is 2.87 bits per heavy atom. The fourth-order valence-electron chi connectivity index (χ4n) is 2.53. The van der Waals surface area contributed by atoms with Crippen LogP contribution < -0.4 is 10.5 Å². The van der Waals surface area contributed by atoms with E-state index in [-0.39, 0.29) is 10.9 Å². The summed E-state index contributed by atoms with van der Waals surface area (Å²) in [6.07, 6.45) is 3.43. The molecule has 2 heterocycles. The number of hydrogen-bond acceptors (Lipinski definition) is 5. The zero-order valence-electron chi connectivity index (χ0n) is 12.5. The lowest BCUT2D eigenvalue weighted by Crippen LogP contribution is -2.31. The molecule has 1 aromatic carbocycles. The summed E-state index contributed by atoms with van der Waals surface area (Å²) in [5.41, 5.74) is 6.36. The maximum absolute atomic E-state index is 12.6. The van der Waals surface area contributed by atoms with E-state index >= 15 is 0 Å². The summed E-state index contributed by atoms with van der Waals surface area (Å²) < 4.78 is 33.3. The second kappa shape index (κ2) is 6.12. The zero-order chi connectivity index (χ0) is 16.6. The maximum Gasteiger partial charge on any atom is 0.246 e. The zero-order valence-corrected chi connectivity index (χ0v) is 14.1. The van der Waals surface area contributed by atoms with E-state index in [4.69, 9.17) is 22.1 Å². The van der Waals surface area contributed by atoms with Crippen LogP contribution in [0.15, 0.2) is 35.5 Å². The van der Waals surface area contributed by atoms with E-state index in [1.807, 2.05) is 0 Å². The minimum absolute atomic E-state index is 0.118. The van der Waals surface area contributed by atoms with Crippen LogP contribution in [0.2, 0.25) is 5.02 Å². The van der Waals surface area contributed by atoms with Gasteiger partial charge in [-0.25, -0.2) is 13.1 Å². The molecule has 0 saturated carbocycles. The molecule has 0 spiro atoms. The number of nitrogens with two attached hydrogens (primary N) is 1. The van der Waals surface area contributed by atoms with Crippen LogP contribution in [0, 0.1) is 0 Å². The molecule has 3 rings (SSSR count). The van der Waals surface area contributed by atoms with Crippen molar-refractivity contribution in [2.24, 2.45) is 5.73 Å². The van der Waals surface area contributed by atoms with Gasteiger partial charge in [-0.05, 0) is 24.6 Å². The van der Waals surface area contributed by atoms with Gasteiger partial charge in [-0.3, -0.25) is 0 Å². The van der Waals surface area contributed by atoms with Crippen LogP contribution in [0.5, 0.6) is 5.75 Å². The summed E-state index contributed by atoms with van der Waals surface area (Å²) in [5, 5.41) is 4.64. The number of rotatable bonds is 4. The molecule has 124 valence electrons. The Hall–Kier alpha value is -1.61. The van der Waals surface area contributed by atoms with Crippen LogP contribution in [0.25, 0.3) is 5.69 Å². The van der Waals surface area contributed by atoms with Gasteiger partial charge in [0.15, 0.2) is 0 Å². The molecule has 0 bridgehead atoms. The van der Waals surface area contributed by atoms with Crippen LogP contribution >= 0.6 is 11.6 Å². The minimum atomic E-state index is -3.59. The highest BCUT2D eigenvalue weighted by atomic mass is 35.5. The summed E-state index contributed by atoms with van der Waals surface area (Å²) in [5.74, 6) is 0.546. The summed E-state index contributed by atoms with van der Waals surface area (Å²) in [6, 6.07) is 4.94. The van der Waals surface area contributed by atoms with Crippen LogP contribution in [-0.2, 0) is 10.0 Å². The molecular formula is C14H17ClN4O3S. The largest absolute Gasteiger partial charge is 0.494 e. The maximum atomic E-state index is 12.6. The van der Waals surface area contributed by atoms with Gasteiger partial charge in [0.2, 0.25) is 10.0 Å². The number of aromatic nitrogens is 2. The second-order valence-electron chi connectivity index (χ2n) is 5.35. The minimum Gasteiger partial charge on any atom is -0.494 e. The van der Waals surface area contributed by atoms with Gasteiger partial charge in [-0.2, -0.15) is 9.40 Å². The molecule has 0 amide bonds. The van der Waals surface area contributed by atoms with Gasteiger partial charge in [0.1, 0.15) is 16.3 Å². The van der Waals surface area contributed by atoms with Gasteiger partial charge >= 0.3 is 0 Å². The third-order valence-corrected chi connectivity index (χ3v) is 5.82. The number of ether oxygens (including phenoxy) is 1. The van der Waals surface area contributed by atoms with E-state index in [0.29, 0.717) is 36.0 Å². The first-order chi connectivity index (χ1) is 10.9. The number of benzene rings is 1. The van der Waals surface area contributed by atoms with Crippen molar-refractivity contribution in [1.29, 1.82) is 0 Å². The summed E-state index contributed by atoms with van der Waals surface area (Å²) >= 11 is 6.00. The van der Waals surface area contributed by atoms with Crippen molar-refractivity contribution in [2.45, 2.75) is 17.4 Å². The van der Waals surface area contributed by atoms with Gasteiger partial charge in [0.05, 0.1) is 19.5 Å². The van der Waals surface area contributed by atoms with Crippen LogP contribution in [0.4, 0.5) is 0 Å². The van der Waals surface area contributed by atoms with E-state index in [9.17, 15) is 8.42 Å². The molecule has 1 saturated heterocycles. The molecule has 7 nitrogen and oxygen atoms in total. The van der Waals surface area contributed by atoms with Crippen molar-refractivity contribution in [2.75, 3.05) is 20.2 Å². The Morgan fingerprint density at radius 2 is 2.22 bits per heavy atom. The van der Waals surface area contributed by atoms with Crippen molar-refractivity contribution in [3.05, 3.63) is 35.6 Å². The number of halogens is 1. The molecule has 1 aliphatic heterocycles. The monoisotopic (exact) mass is 356 g/mol. The van der Waals surface area contributed by atoms with Gasteiger partial charge in [0, 0.05) is 24.2 Å². The molecule has 1 atom stereocenters. The number of hydrogen-bond donors (Lipinski definition) is 1. The second-order valence-corrected chi connectivity index (χ2v) is 7.72. The van der Waals surface area contributed by atoms with Crippen molar-refractivity contribution >= 4 is 21.6 Å². The van der Waals surface area contributed by atoms with E-state index in [2.05, 4.69) is 5.10 Å². The molecule has 1 aliphatic rings. The molecule has 0 radical (unpaired) electrons. The lowest BCUT2D eigenvalue weighted by Gasteiger charge is -2.14. The molecule has 2 N–H and O–H groups in total. The third kappa shape index (κ3) is 3.07. The molecule has 9 heteroatoms. The van der Waals surface area contributed by atoms with Crippen molar-refractivity contribution in [1.82, 2.24) is 14.1 Å². The summed E-state index contributed by atoms with van der Waals surface area (Å²) in [7, 11) is -2.06. The smallest absolute Gasteiger partial charge is 0.246 e. The number of methoxy groups -OCH3 is 1. The highest BCUT2D eigenvalue weighted by Gasteiger charge is 2.32. The number of sulfonamides is 1. The average molecular weight is 357 g/mol. The van der Waals surface area contributed by atoms with E-state index in [0.717, 1.165) is 0 Å². The standard InChI is InChI=1S/C14H17ClN4O3S/c1-22-14-3-2-10(15)6-13(14)19-9-12(7-17-19)23(20,21)18-5-4-11(16)8-18/h2-3,6-7,9,11H,4-5,8,16H2,1H3/t11-/m1/s1. The fraction of sp³-hybridized carbons (Fsp3) is 0.357. The normalized spacial score (nSPS) is 19.2. The number of nitrogens with zero attached hydrogens (tertiary/aromatic N) is 3. The predicted octanol–water partition coefficient (Wildman–Crippen LogP) is 1.26. The van der Waals surface area contributed by atoms with E-state index in [1.54, 1.807) is 18.2 Å². The highest BCUT2D eigenvalue weighted by molar-refractivity contribution is 7.89. The first kappa shape index (κ1) is 16.3. The van der Waals surface area contributed by atoms with Crippen LogP contribution in [-0.4, -0.2) is 48.7 Å². The Balaban J connectivity index is 1.96. The Kier molecular flexibility index (Phi) is 4.33. The summed E-state index contributed by atoms with van der Waals surface area (Å²) in [4.78, 5) is 0.119. The Labute approximate surface area is 139 Å². The summed E-state index contributed by atoms with van der Waals surface area (Å²) in [6.45, 7) is 0.753. The first-order valence-corrected chi connectivity index (χ1v) is 8.88. The van der Waals surface area contributed by atoms with Crippen LogP contribution in [0.1, 0.15) is 6.42 Å². The molecular weight excluding hydrogens is 340 g/mol. The highest BCUT2D eigenvalue weighted by Crippen LogP contribution is 2.27. The van der Waals surface area contributed by atoms with Gasteiger partial charge in [0.25, 0.3) is 0 Å².